The van der Waals surface area contributed by atoms with Crippen LogP contribution in [0.1, 0.15) is 24.0 Å². The van der Waals surface area contributed by atoms with Crippen LogP contribution in [0.2, 0.25) is 5.02 Å². The Bertz CT molecular complexity index is 1530. The predicted octanol–water partition coefficient (Wildman–Crippen LogP) is 7.50. The third-order valence-corrected chi connectivity index (χ3v) is 7.57. The summed E-state index contributed by atoms with van der Waals surface area (Å²) >= 11 is 9.92. The molecule has 4 aromatic rings. The van der Waals surface area contributed by atoms with Crippen LogP contribution in [0.15, 0.2) is 59.2 Å². The molecule has 1 fully saturated rings. The summed E-state index contributed by atoms with van der Waals surface area (Å²) < 4.78 is 43.0. The predicted molar refractivity (Wildman–Crippen MR) is 149 cm³/mol. The van der Waals surface area contributed by atoms with Crippen LogP contribution in [0, 0.1) is 12.8 Å². The Labute approximate surface area is 236 Å². The minimum absolute atomic E-state index is 0.0792. The Kier molecular flexibility index (Phi) is 7.73. The Morgan fingerprint density at radius 2 is 2.00 bits per heavy atom. The van der Waals surface area contributed by atoms with Crippen LogP contribution in [0.4, 0.5) is 29.5 Å². The van der Waals surface area contributed by atoms with Crippen molar-refractivity contribution in [2.75, 3.05) is 30.3 Å². The van der Waals surface area contributed by atoms with Gasteiger partial charge >= 0.3 is 12.2 Å². The molecule has 2 amide bonds. The van der Waals surface area contributed by atoms with Crippen LogP contribution < -0.4 is 10.6 Å². The molecule has 0 saturated carbocycles. The number of likely N-dealkylation sites (tertiary alicyclic amines) is 1. The van der Waals surface area contributed by atoms with Crippen LogP contribution in [-0.4, -0.2) is 45.2 Å². The third kappa shape index (κ3) is 5.99. The molecule has 5 rings (SSSR count). The van der Waals surface area contributed by atoms with Crippen LogP contribution in [0.25, 0.3) is 16.9 Å². The van der Waals surface area contributed by atoms with Crippen LogP contribution in [0.5, 0.6) is 0 Å². The van der Waals surface area contributed by atoms with Crippen molar-refractivity contribution in [1.82, 2.24) is 19.5 Å². The Morgan fingerprint density at radius 1 is 1.21 bits per heavy atom. The molecule has 1 aliphatic rings. The fourth-order valence-electron chi connectivity index (χ4n) is 4.73. The Morgan fingerprint density at radius 3 is 2.77 bits per heavy atom. The standard InChI is InChI=1S/C27H25BrClF3N6O/c1-16-8-9-22(19(11-16)27(30,31)32)36-26(39)37-10-4-5-17(15-37)13-33-24-12-23(18-6-2-3-7-21(18)29)35-25-20(28)14-34-38(24)25/h2-3,6-9,11-12,14,17,33H,4-5,10,13,15H2,1H3,(H,36,39). The summed E-state index contributed by atoms with van der Waals surface area (Å²) in [6.45, 7) is 2.98. The van der Waals surface area contributed by atoms with Crippen LogP contribution in [-0.2, 0) is 6.18 Å². The first-order chi connectivity index (χ1) is 18.6. The third-order valence-electron chi connectivity index (χ3n) is 6.68. The summed E-state index contributed by atoms with van der Waals surface area (Å²) in [5, 5.41) is 10.9. The van der Waals surface area contributed by atoms with E-state index in [0.717, 1.165) is 28.9 Å². The number of hydrogen-bond acceptors (Lipinski definition) is 4. The van der Waals surface area contributed by atoms with Crippen molar-refractivity contribution in [3.63, 3.8) is 0 Å². The molecule has 0 bridgehead atoms. The number of nitrogens with one attached hydrogen (secondary N) is 2. The van der Waals surface area contributed by atoms with Crippen LogP contribution in [0.3, 0.4) is 0 Å². The fraction of sp³-hybridized carbons (Fsp3) is 0.296. The number of fused-ring (bicyclic) bond motifs is 1. The topological polar surface area (TPSA) is 74.6 Å². The monoisotopic (exact) mass is 620 g/mol. The molecule has 204 valence electrons. The number of anilines is 2. The number of urea groups is 1. The summed E-state index contributed by atoms with van der Waals surface area (Å²) in [5.41, 5.74) is 1.46. The number of nitrogens with zero attached hydrogens (tertiary/aromatic N) is 4. The normalized spacial score (nSPS) is 15.9. The highest BCUT2D eigenvalue weighted by molar-refractivity contribution is 9.10. The lowest BCUT2D eigenvalue weighted by Gasteiger charge is -2.33. The van der Waals surface area contributed by atoms with Crippen molar-refractivity contribution >= 4 is 50.7 Å². The molecule has 3 heterocycles. The Hall–Kier alpha value is -3.31. The molecule has 1 saturated heterocycles. The highest BCUT2D eigenvalue weighted by Gasteiger charge is 2.34. The number of carbonyl (C=O) groups excluding carboxylic acids is 1. The SMILES string of the molecule is Cc1ccc(NC(=O)N2CCCC(CNc3cc(-c4ccccc4Cl)nc4c(Br)cnn34)C2)c(C(F)(F)F)c1. The molecule has 0 radical (unpaired) electrons. The molecule has 7 nitrogen and oxygen atoms in total. The molecule has 1 unspecified atom stereocenters. The van der Waals surface area contributed by atoms with E-state index in [0.29, 0.717) is 47.4 Å². The molecular weight excluding hydrogens is 597 g/mol. The number of rotatable bonds is 5. The first-order valence-corrected chi connectivity index (χ1v) is 13.5. The van der Waals surface area contributed by atoms with E-state index in [9.17, 15) is 18.0 Å². The van der Waals surface area contributed by atoms with E-state index in [-0.39, 0.29) is 11.6 Å². The molecule has 1 atom stereocenters. The van der Waals surface area contributed by atoms with Crippen molar-refractivity contribution in [3.8, 4) is 11.3 Å². The van der Waals surface area contributed by atoms with E-state index in [1.165, 1.54) is 6.07 Å². The summed E-state index contributed by atoms with van der Waals surface area (Å²) in [7, 11) is 0. The summed E-state index contributed by atoms with van der Waals surface area (Å²) in [6, 6.07) is 12.7. The van der Waals surface area contributed by atoms with Gasteiger partial charge in [-0.2, -0.15) is 22.8 Å². The van der Waals surface area contributed by atoms with Gasteiger partial charge in [0.25, 0.3) is 0 Å². The van der Waals surface area contributed by atoms with Crippen molar-refractivity contribution in [3.05, 3.63) is 75.4 Å². The second kappa shape index (κ2) is 11.1. The van der Waals surface area contributed by atoms with Gasteiger partial charge in [0.15, 0.2) is 5.65 Å². The maximum atomic E-state index is 13.5. The molecule has 2 aromatic heterocycles. The van der Waals surface area contributed by atoms with Crippen molar-refractivity contribution in [1.29, 1.82) is 0 Å². The van der Waals surface area contributed by atoms with E-state index in [1.807, 2.05) is 24.3 Å². The van der Waals surface area contributed by atoms with Crippen molar-refractivity contribution in [2.45, 2.75) is 25.9 Å². The molecule has 2 aromatic carbocycles. The van der Waals surface area contributed by atoms with Gasteiger partial charge in [0.1, 0.15) is 5.82 Å². The van der Waals surface area contributed by atoms with Crippen LogP contribution >= 0.6 is 27.5 Å². The summed E-state index contributed by atoms with van der Waals surface area (Å²) in [4.78, 5) is 19.2. The maximum absolute atomic E-state index is 13.5. The highest BCUT2D eigenvalue weighted by atomic mass is 79.9. The lowest BCUT2D eigenvalue weighted by Crippen LogP contribution is -2.44. The number of halogens is 5. The van der Waals surface area contributed by atoms with Gasteiger partial charge in [0.2, 0.25) is 0 Å². The lowest BCUT2D eigenvalue weighted by molar-refractivity contribution is -0.137. The van der Waals surface area contributed by atoms with E-state index >= 15 is 0 Å². The number of amides is 2. The highest BCUT2D eigenvalue weighted by Crippen LogP contribution is 2.36. The number of aryl methyl sites for hydroxylation is 1. The van der Waals surface area contributed by atoms with E-state index in [1.54, 1.807) is 34.7 Å². The number of hydrogen-bond donors (Lipinski definition) is 2. The minimum atomic E-state index is -4.57. The summed E-state index contributed by atoms with van der Waals surface area (Å²) in [5.74, 6) is 0.784. The zero-order valence-corrected chi connectivity index (χ0v) is 23.2. The quantitative estimate of drug-likeness (QED) is 0.242. The molecular formula is C27H25BrClF3N6O. The average Bonchev–Trinajstić information content (AvgIpc) is 3.28. The average molecular weight is 622 g/mol. The van der Waals surface area contributed by atoms with Crippen molar-refractivity contribution in [2.24, 2.45) is 5.92 Å². The van der Waals surface area contributed by atoms with Gasteiger partial charge in [0.05, 0.1) is 27.6 Å². The zero-order valence-electron chi connectivity index (χ0n) is 20.9. The molecule has 0 aliphatic carbocycles. The first-order valence-electron chi connectivity index (χ1n) is 12.4. The summed E-state index contributed by atoms with van der Waals surface area (Å²) in [6.07, 6.45) is -1.30. The molecule has 39 heavy (non-hydrogen) atoms. The molecule has 2 N–H and O–H groups in total. The minimum Gasteiger partial charge on any atom is -0.370 e. The van der Waals surface area contributed by atoms with Gasteiger partial charge in [-0.3, -0.25) is 0 Å². The molecule has 12 heteroatoms. The number of carbonyl (C=O) groups is 1. The van der Waals surface area contributed by atoms with Gasteiger partial charge in [-0.25, -0.2) is 9.78 Å². The largest absolute Gasteiger partial charge is 0.418 e. The molecule has 1 aliphatic heterocycles. The zero-order chi connectivity index (χ0) is 27.7. The van der Waals surface area contributed by atoms with Gasteiger partial charge in [0, 0.05) is 36.3 Å². The first kappa shape index (κ1) is 27.3. The van der Waals surface area contributed by atoms with Crippen molar-refractivity contribution < 1.29 is 18.0 Å². The molecule has 0 spiro atoms. The number of benzene rings is 2. The second-order valence-electron chi connectivity index (χ2n) is 9.55. The number of alkyl halides is 3. The van der Waals surface area contributed by atoms with E-state index < -0.39 is 17.8 Å². The smallest absolute Gasteiger partial charge is 0.370 e. The van der Waals surface area contributed by atoms with Gasteiger partial charge in [-0.1, -0.05) is 41.4 Å². The van der Waals surface area contributed by atoms with Gasteiger partial charge in [-0.15, -0.1) is 0 Å². The Balaban J connectivity index is 1.31. The van der Waals surface area contributed by atoms with E-state index in [2.05, 4.69) is 31.7 Å². The second-order valence-corrected chi connectivity index (χ2v) is 10.8. The van der Waals surface area contributed by atoms with Gasteiger partial charge in [-0.05, 0) is 59.8 Å². The van der Waals surface area contributed by atoms with Gasteiger partial charge < -0.3 is 15.5 Å². The number of piperidine rings is 1. The number of aromatic nitrogens is 3. The fourth-order valence-corrected chi connectivity index (χ4v) is 5.31. The van der Waals surface area contributed by atoms with E-state index in [4.69, 9.17) is 16.6 Å². The maximum Gasteiger partial charge on any atom is 0.418 e. The lowest BCUT2D eigenvalue weighted by atomic mass is 9.98.